The summed E-state index contributed by atoms with van der Waals surface area (Å²) in [5.74, 6) is -0.475. The van der Waals surface area contributed by atoms with E-state index in [0.717, 1.165) is 12.0 Å². The summed E-state index contributed by atoms with van der Waals surface area (Å²) in [7, 11) is 4.97. The highest BCUT2D eigenvalue weighted by Gasteiger charge is 2.47. The second kappa shape index (κ2) is 16.6. The van der Waals surface area contributed by atoms with Crippen molar-refractivity contribution in [3.05, 3.63) is 65.9 Å². The summed E-state index contributed by atoms with van der Waals surface area (Å²) in [4.78, 5) is 59.4. The maximum atomic E-state index is 14.7. The number of hydrogen-bond acceptors (Lipinski definition) is 7. The van der Waals surface area contributed by atoms with Crippen LogP contribution in [0.4, 0.5) is 0 Å². The molecule has 0 unspecified atom stereocenters. The van der Waals surface area contributed by atoms with E-state index >= 15 is 0 Å². The predicted molar refractivity (Wildman–Crippen MR) is 185 cm³/mol. The van der Waals surface area contributed by atoms with Crippen molar-refractivity contribution >= 4 is 29.7 Å². The standard InChI is InChI=1S/C37H51N5O6/c1-8-23(3)31-34(43)39-19-17-26-22-27(15-16-29(26)47-7)48-30-18-20-42(33(30)35(44)40-31)36(45)28(21-25-13-11-10-12-14-25)41(6)37(46)32(38-5)24(4)9-2/h10-17,19,22-24,28,30-33,38H,8-9,18,20-21H2,1-7H3,(H,39,43)(H,40,44)/b19-17-/t23-,24-,28-,30-,31-,32-,33-/m0/s1. The molecule has 0 saturated carbocycles. The van der Waals surface area contributed by atoms with Gasteiger partial charge in [0.1, 0.15) is 35.7 Å². The van der Waals surface area contributed by atoms with Gasteiger partial charge in [-0.1, -0.05) is 70.9 Å². The molecular weight excluding hydrogens is 610 g/mol. The van der Waals surface area contributed by atoms with Crippen molar-refractivity contribution in [1.29, 1.82) is 0 Å². The zero-order valence-electron chi connectivity index (χ0n) is 29.2. The van der Waals surface area contributed by atoms with Crippen molar-refractivity contribution in [3.8, 4) is 11.5 Å². The van der Waals surface area contributed by atoms with Crippen LogP contribution in [0, 0.1) is 11.8 Å². The molecule has 1 fully saturated rings. The molecule has 4 amide bonds. The molecule has 3 N–H and O–H groups in total. The van der Waals surface area contributed by atoms with Gasteiger partial charge in [0.15, 0.2) is 0 Å². The summed E-state index contributed by atoms with van der Waals surface area (Å²) in [5.41, 5.74) is 1.57. The van der Waals surface area contributed by atoms with Crippen LogP contribution < -0.4 is 25.4 Å². The Morgan fingerprint density at radius 3 is 2.46 bits per heavy atom. The molecule has 4 rings (SSSR count). The summed E-state index contributed by atoms with van der Waals surface area (Å²) < 4.78 is 12.0. The van der Waals surface area contributed by atoms with Gasteiger partial charge >= 0.3 is 0 Å². The van der Waals surface area contributed by atoms with E-state index in [9.17, 15) is 19.2 Å². The number of ether oxygens (including phenoxy) is 2. The molecule has 2 aliphatic heterocycles. The lowest BCUT2D eigenvalue weighted by Crippen LogP contribution is -2.61. The molecule has 0 aliphatic carbocycles. The third-order valence-electron chi connectivity index (χ3n) is 9.83. The average molecular weight is 662 g/mol. The van der Waals surface area contributed by atoms with Gasteiger partial charge < -0.3 is 35.2 Å². The Kier molecular flexibility index (Phi) is 12.6. The summed E-state index contributed by atoms with van der Waals surface area (Å²) >= 11 is 0. The minimum absolute atomic E-state index is 0.0377. The number of benzene rings is 2. The van der Waals surface area contributed by atoms with E-state index in [1.54, 1.807) is 45.5 Å². The highest BCUT2D eigenvalue weighted by Crippen LogP contribution is 2.31. The summed E-state index contributed by atoms with van der Waals surface area (Å²) in [6.45, 7) is 8.12. The molecule has 7 atom stereocenters. The van der Waals surface area contributed by atoms with Gasteiger partial charge in [-0.2, -0.15) is 0 Å². The van der Waals surface area contributed by atoms with E-state index in [2.05, 4.69) is 16.0 Å². The Morgan fingerprint density at radius 2 is 1.81 bits per heavy atom. The van der Waals surface area contributed by atoms with E-state index in [0.29, 0.717) is 29.9 Å². The van der Waals surface area contributed by atoms with Crippen LogP contribution in [0.3, 0.4) is 0 Å². The molecule has 2 bridgehead atoms. The molecule has 260 valence electrons. The topological polar surface area (TPSA) is 129 Å². The van der Waals surface area contributed by atoms with Crippen molar-refractivity contribution in [1.82, 2.24) is 25.8 Å². The SMILES string of the molecule is CC[C@H](C)[C@@H]1NC(=O)[C@@H]2[C@H](CCN2C(=O)[C@H](Cc2ccccc2)N(C)C(=O)[C@@H](NC)[C@@H](C)CC)Oc2ccc(OC)c(c2)/C=C\NC1=O. The Labute approximate surface area is 284 Å². The average Bonchev–Trinajstić information content (AvgIpc) is 3.52. The number of carbonyl (C=O) groups excluding carboxylic acids is 4. The van der Waals surface area contributed by atoms with Crippen LogP contribution in [-0.4, -0.2) is 91.4 Å². The molecule has 48 heavy (non-hydrogen) atoms. The fourth-order valence-electron chi connectivity index (χ4n) is 6.46. The number of methoxy groups -OCH3 is 1. The first-order valence-electron chi connectivity index (χ1n) is 16.9. The van der Waals surface area contributed by atoms with Gasteiger partial charge in [-0.25, -0.2) is 0 Å². The van der Waals surface area contributed by atoms with Crippen LogP contribution in [0.5, 0.6) is 11.5 Å². The molecule has 11 nitrogen and oxygen atoms in total. The number of likely N-dealkylation sites (N-methyl/N-ethyl adjacent to an activating group) is 2. The number of hydrogen-bond donors (Lipinski definition) is 3. The maximum Gasteiger partial charge on any atom is 0.247 e. The highest BCUT2D eigenvalue weighted by molar-refractivity contribution is 5.96. The Morgan fingerprint density at radius 1 is 1.08 bits per heavy atom. The molecule has 11 heteroatoms. The molecule has 0 radical (unpaired) electrons. The van der Waals surface area contributed by atoms with Crippen molar-refractivity contribution in [2.45, 2.75) is 83.6 Å². The molecule has 2 aromatic rings. The molecule has 1 saturated heterocycles. The van der Waals surface area contributed by atoms with E-state index in [1.807, 2.05) is 58.0 Å². The van der Waals surface area contributed by atoms with Gasteiger partial charge in [-0.3, -0.25) is 19.2 Å². The smallest absolute Gasteiger partial charge is 0.247 e. The Hall–Kier alpha value is -4.38. The van der Waals surface area contributed by atoms with E-state index in [-0.39, 0.29) is 42.5 Å². The van der Waals surface area contributed by atoms with Crippen molar-refractivity contribution in [2.24, 2.45) is 11.8 Å². The van der Waals surface area contributed by atoms with Crippen molar-refractivity contribution in [2.75, 3.05) is 27.7 Å². The number of rotatable bonds is 11. The van der Waals surface area contributed by atoms with Crippen LogP contribution in [0.2, 0.25) is 0 Å². The van der Waals surface area contributed by atoms with E-state index < -0.39 is 36.2 Å². The largest absolute Gasteiger partial charge is 0.496 e. The second-order valence-electron chi connectivity index (χ2n) is 12.8. The van der Waals surface area contributed by atoms with Crippen LogP contribution in [0.15, 0.2) is 54.7 Å². The third kappa shape index (κ3) is 8.18. The third-order valence-corrected chi connectivity index (χ3v) is 9.83. The molecule has 0 aromatic heterocycles. The van der Waals surface area contributed by atoms with Crippen molar-refractivity contribution in [3.63, 3.8) is 0 Å². The molecular formula is C37H51N5O6. The zero-order valence-corrected chi connectivity index (χ0v) is 29.2. The summed E-state index contributed by atoms with van der Waals surface area (Å²) in [5, 5.41) is 8.90. The van der Waals surface area contributed by atoms with Crippen LogP contribution in [-0.2, 0) is 25.6 Å². The lowest BCUT2D eigenvalue weighted by molar-refractivity contribution is -0.149. The summed E-state index contributed by atoms with van der Waals surface area (Å²) in [6, 6.07) is 11.6. The van der Waals surface area contributed by atoms with Crippen molar-refractivity contribution < 1.29 is 28.7 Å². The number of carbonyl (C=O) groups is 4. The van der Waals surface area contributed by atoms with Gasteiger partial charge in [-0.15, -0.1) is 0 Å². The van der Waals surface area contributed by atoms with E-state index in [4.69, 9.17) is 9.47 Å². The van der Waals surface area contributed by atoms with Crippen LogP contribution >= 0.6 is 0 Å². The normalized spacial score (nSPS) is 22.6. The lowest BCUT2D eigenvalue weighted by atomic mass is 9.96. The molecule has 0 spiro atoms. The van der Waals surface area contributed by atoms with Gasteiger partial charge in [0.2, 0.25) is 23.6 Å². The maximum absolute atomic E-state index is 14.7. The number of amides is 4. The van der Waals surface area contributed by atoms with Crippen LogP contribution in [0.1, 0.15) is 58.1 Å². The first-order valence-corrected chi connectivity index (χ1v) is 16.9. The number of fused-ring (bicyclic) bond motifs is 3. The number of nitrogens with zero attached hydrogens (tertiary/aromatic N) is 2. The molecule has 2 aromatic carbocycles. The Balaban J connectivity index is 1.76. The first kappa shape index (κ1) is 36.5. The van der Waals surface area contributed by atoms with Gasteiger partial charge in [0.25, 0.3) is 0 Å². The molecule has 2 heterocycles. The fourth-order valence-corrected chi connectivity index (χ4v) is 6.46. The van der Waals surface area contributed by atoms with Gasteiger partial charge in [-0.05, 0) is 48.7 Å². The minimum atomic E-state index is -1.05. The van der Waals surface area contributed by atoms with Gasteiger partial charge in [0.05, 0.1) is 13.2 Å². The first-order chi connectivity index (χ1) is 23.0. The highest BCUT2D eigenvalue weighted by atomic mass is 16.5. The predicted octanol–water partition coefficient (Wildman–Crippen LogP) is 3.38. The lowest BCUT2D eigenvalue weighted by Gasteiger charge is -2.37. The quantitative estimate of drug-likeness (QED) is 0.337. The monoisotopic (exact) mass is 661 g/mol. The number of nitrogens with one attached hydrogen (secondary N) is 3. The fraction of sp³-hybridized carbons (Fsp3) is 0.514. The second-order valence-corrected chi connectivity index (χ2v) is 12.8. The zero-order chi connectivity index (χ0) is 35.0. The summed E-state index contributed by atoms with van der Waals surface area (Å²) in [6.07, 6.45) is 4.60. The van der Waals surface area contributed by atoms with E-state index in [1.165, 1.54) is 16.0 Å². The molecule has 2 aliphatic rings. The Bertz CT molecular complexity index is 1470. The number of likely N-dealkylation sites (tertiary alicyclic amines) is 1. The van der Waals surface area contributed by atoms with Gasteiger partial charge in [0, 0.05) is 38.2 Å². The minimum Gasteiger partial charge on any atom is -0.496 e. The van der Waals surface area contributed by atoms with Crippen LogP contribution in [0.25, 0.3) is 6.08 Å².